The highest BCUT2D eigenvalue weighted by Crippen LogP contribution is 2.37. The predicted octanol–water partition coefficient (Wildman–Crippen LogP) is 3.04. The van der Waals surface area contributed by atoms with E-state index < -0.39 is 0 Å². The molecule has 19 heavy (non-hydrogen) atoms. The molecule has 3 rings (SSSR count). The second-order valence-electron chi connectivity index (χ2n) is 5.53. The van der Waals surface area contributed by atoms with Gasteiger partial charge in [0.05, 0.1) is 5.56 Å². The lowest BCUT2D eigenvalue weighted by atomic mass is 9.86. The largest absolute Gasteiger partial charge is 0.338 e. The second-order valence-corrected chi connectivity index (χ2v) is 7.30. The lowest BCUT2D eigenvalue weighted by Crippen LogP contribution is -2.33. The average molecular weight is 388 g/mol. The van der Waals surface area contributed by atoms with Crippen molar-refractivity contribution in [2.75, 3.05) is 26.2 Å². The number of hydrogen-bond donors (Lipinski definition) is 1. The quantitative estimate of drug-likeness (QED) is 0.803. The fourth-order valence-corrected chi connectivity index (χ4v) is 4.30. The van der Waals surface area contributed by atoms with Crippen LogP contribution in [0.4, 0.5) is 0 Å². The van der Waals surface area contributed by atoms with E-state index >= 15 is 0 Å². The Balaban J connectivity index is 1.78. The molecule has 1 spiro atoms. The van der Waals surface area contributed by atoms with Crippen LogP contribution in [0.15, 0.2) is 27.1 Å². The minimum absolute atomic E-state index is 0.142. The van der Waals surface area contributed by atoms with Crippen LogP contribution in [0.25, 0.3) is 0 Å². The Morgan fingerprint density at radius 1 is 1.32 bits per heavy atom. The van der Waals surface area contributed by atoms with Crippen LogP contribution in [0.1, 0.15) is 23.2 Å². The number of nitrogens with zero attached hydrogens (tertiary/aromatic N) is 1. The molecule has 0 saturated carbocycles. The minimum atomic E-state index is 0.142. The van der Waals surface area contributed by atoms with E-state index in [-0.39, 0.29) is 5.91 Å². The fraction of sp³-hybridized carbons (Fsp3) is 0.500. The maximum absolute atomic E-state index is 12.6. The SMILES string of the molecule is O=C(c1ccc(Br)cc1Br)N1CCC2(CCNC2)C1. The smallest absolute Gasteiger partial charge is 0.255 e. The van der Waals surface area contributed by atoms with E-state index in [1.807, 2.05) is 23.1 Å². The third-order valence-corrected chi connectivity index (χ3v) is 5.37. The molecule has 2 heterocycles. The van der Waals surface area contributed by atoms with Crippen LogP contribution in [0.5, 0.6) is 0 Å². The molecule has 1 amide bonds. The summed E-state index contributed by atoms with van der Waals surface area (Å²) in [6, 6.07) is 5.73. The molecule has 1 aromatic rings. The highest BCUT2D eigenvalue weighted by molar-refractivity contribution is 9.11. The number of likely N-dealkylation sites (tertiary alicyclic amines) is 1. The zero-order chi connectivity index (χ0) is 13.5. The molecular formula is C14H16Br2N2O. The van der Waals surface area contributed by atoms with Crippen LogP contribution in [0, 0.1) is 5.41 Å². The third-order valence-electron chi connectivity index (χ3n) is 4.22. The molecule has 1 N–H and O–H groups in total. The Morgan fingerprint density at radius 3 is 2.84 bits per heavy atom. The molecule has 1 aromatic carbocycles. The van der Waals surface area contributed by atoms with Crippen molar-refractivity contribution in [2.24, 2.45) is 5.41 Å². The maximum Gasteiger partial charge on any atom is 0.255 e. The van der Waals surface area contributed by atoms with Gasteiger partial charge in [-0.25, -0.2) is 0 Å². The van der Waals surface area contributed by atoms with Gasteiger partial charge in [0, 0.05) is 34.0 Å². The molecule has 2 aliphatic rings. The Hall–Kier alpha value is -0.390. The van der Waals surface area contributed by atoms with Gasteiger partial charge < -0.3 is 10.2 Å². The summed E-state index contributed by atoms with van der Waals surface area (Å²) in [5.41, 5.74) is 1.09. The fourth-order valence-electron chi connectivity index (χ4n) is 3.09. The van der Waals surface area contributed by atoms with Crippen LogP contribution >= 0.6 is 31.9 Å². The molecule has 1 unspecified atom stereocenters. The molecule has 0 aromatic heterocycles. The summed E-state index contributed by atoms with van der Waals surface area (Å²) in [7, 11) is 0. The highest BCUT2D eigenvalue weighted by Gasteiger charge is 2.42. The van der Waals surface area contributed by atoms with Crippen molar-refractivity contribution >= 4 is 37.8 Å². The molecular weight excluding hydrogens is 372 g/mol. The van der Waals surface area contributed by atoms with Gasteiger partial charge in [-0.2, -0.15) is 0 Å². The van der Waals surface area contributed by atoms with Gasteiger partial charge in [-0.15, -0.1) is 0 Å². The highest BCUT2D eigenvalue weighted by atomic mass is 79.9. The zero-order valence-corrected chi connectivity index (χ0v) is 13.8. The molecule has 2 fully saturated rings. The van der Waals surface area contributed by atoms with Gasteiger partial charge in [-0.3, -0.25) is 4.79 Å². The standard InChI is InChI=1S/C14H16Br2N2O/c15-10-1-2-11(12(16)7-10)13(19)18-6-4-14(9-18)3-5-17-8-14/h1-2,7,17H,3-6,8-9H2. The van der Waals surface area contributed by atoms with Crippen molar-refractivity contribution in [2.45, 2.75) is 12.8 Å². The van der Waals surface area contributed by atoms with Crippen LogP contribution in [-0.2, 0) is 0 Å². The monoisotopic (exact) mass is 386 g/mol. The lowest BCUT2D eigenvalue weighted by Gasteiger charge is -2.23. The lowest BCUT2D eigenvalue weighted by molar-refractivity contribution is 0.0775. The van der Waals surface area contributed by atoms with Crippen molar-refractivity contribution in [3.8, 4) is 0 Å². The van der Waals surface area contributed by atoms with Gasteiger partial charge in [0.25, 0.3) is 5.91 Å². The summed E-state index contributed by atoms with van der Waals surface area (Å²) in [5, 5.41) is 3.42. The molecule has 2 saturated heterocycles. The first kappa shape index (κ1) is 13.6. The first-order chi connectivity index (χ1) is 9.10. The predicted molar refractivity (Wildman–Crippen MR) is 82.3 cm³/mol. The Morgan fingerprint density at radius 2 is 2.16 bits per heavy atom. The molecule has 0 bridgehead atoms. The minimum Gasteiger partial charge on any atom is -0.338 e. The van der Waals surface area contributed by atoms with E-state index in [2.05, 4.69) is 37.2 Å². The van der Waals surface area contributed by atoms with Crippen molar-refractivity contribution in [1.29, 1.82) is 0 Å². The topological polar surface area (TPSA) is 32.3 Å². The van der Waals surface area contributed by atoms with Crippen LogP contribution < -0.4 is 5.32 Å². The molecule has 2 aliphatic heterocycles. The van der Waals surface area contributed by atoms with E-state index in [1.54, 1.807) is 0 Å². The van der Waals surface area contributed by atoms with Crippen molar-refractivity contribution in [3.63, 3.8) is 0 Å². The number of rotatable bonds is 1. The summed E-state index contributed by atoms with van der Waals surface area (Å²) in [6.07, 6.45) is 2.32. The molecule has 3 nitrogen and oxygen atoms in total. The van der Waals surface area contributed by atoms with Gasteiger partial charge in [0.2, 0.25) is 0 Å². The third kappa shape index (κ3) is 2.60. The van der Waals surface area contributed by atoms with Gasteiger partial charge in [-0.05, 0) is 53.5 Å². The first-order valence-electron chi connectivity index (χ1n) is 6.55. The number of benzene rings is 1. The van der Waals surface area contributed by atoms with Crippen molar-refractivity contribution in [1.82, 2.24) is 10.2 Å². The Kier molecular flexibility index (Phi) is 3.71. The summed E-state index contributed by atoms with van der Waals surface area (Å²) >= 11 is 6.89. The van der Waals surface area contributed by atoms with Crippen LogP contribution in [-0.4, -0.2) is 37.0 Å². The summed E-state index contributed by atoms with van der Waals surface area (Å²) < 4.78 is 1.84. The van der Waals surface area contributed by atoms with E-state index in [0.717, 1.165) is 47.1 Å². The van der Waals surface area contributed by atoms with Crippen LogP contribution in [0.3, 0.4) is 0 Å². The second kappa shape index (κ2) is 5.19. The van der Waals surface area contributed by atoms with Gasteiger partial charge >= 0.3 is 0 Å². The van der Waals surface area contributed by atoms with Gasteiger partial charge in [0.15, 0.2) is 0 Å². The van der Waals surface area contributed by atoms with Gasteiger partial charge in [0.1, 0.15) is 0 Å². The zero-order valence-electron chi connectivity index (χ0n) is 10.6. The molecule has 0 radical (unpaired) electrons. The average Bonchev–Trinajstić information content (AvgIpc) is 3.00. The van der Waals surface area contributed by atoms with E-state index in [0.29, 0.717) is 5.41 Å². The first-order valence-corrected chi connectivity index (χ1v) is 8.13. The van der Waals surface area contributed by atoms with E-state index in [1.165, 1.54) is 6.42 Å². The van der Waals surface area contributed by atoms with Crippen molar-refractivity contribution in [3.05, 3.63) is 32.7 Å². The summed E-state index contributed by atoms with van der Waals surface area (Å²) in [6.45, 7) is 3.91. The number of hydrogen-bond acceptors (Lipinski definition) is 2. The Bertz CT molecular complexity index is 512. The van der Waals surface area contributed by atoms with E-state index in [9.17, 15) is 4.79 Å². The molecule has 102 valence electrons. The van der Waals surface area contributed by atoms with Crippen molar-refractivity contribution < 1.29 is 4.79 Å². The summed E-state index contributed by atoms with van der Waals surface area (Å²) in [5.74, 6) is 0.142. The Labute approximate surface area is 130 Å². The maximum atomic E-state index is 12.6. The molecule has 0 aliphatic carbocycles. The molecule has 5 heteroatoms. The summed E-state index contributed by atoms with van der Waals surface area (Å²) in [4.78, 5) is 14.6. The number of amides is 1. The van der Waals surface area contributed by atoms with E-state index in [4.69, 9.17) is 0 Å². The van der Waals surface area contributed by atoms with Crippen LogP contribution in [0.2, 0.25) is 0 Å². The number of carbonyl (C=O) groups is 1. The molecule has 1 atom stereocenters. The van der Waals surface area contributed by atoms with Gasteiger partial charge in [-0.1, -0.05) is 15.9 Å². The normalized spacial score (nSPS) is 26.3. The number of nitrogens with one attached hydrogen (secondary N) is 1. The number of carbonyl (C=O) groups excluding carboxylic acids is 1. The number of halogens is 2.